The number of rotatable bonds is 4. The Bertz CT molecular complexity index is 585. The summed E-state index contributed by atoms with van der Waals surface area (Å²) in [5, 5.41) is 9.55. The van der Waals surface area contributed by atoms with E-state index in [-0.39, 0.29) is 5.56 Å². The molecule has 3 rings (SSSR count). The molecule has 2 aliphatic rings. The molecule has 0 aromatic heterocycles. The maximum Gasteiger partial charge on any atom is 0.325 e. The van der Waals surface area contributed by atoms with Crippen molar-refractivity contribution in [3.05, 3.63) is 35.4 Å². The number of likely N-dealkylation sites (tertiary alicyclic amines) is 1. The van der Waals surface area contributed by atoms with Crippen LogP contribution in [-0.2, 0) is 9.53 Å². The molecule has 1 unspecified atom stereocenters. The lowest BCUT2D eigenvalue weighted by Crippen LogP contribution is -2.50. The number of halogens is 2. The van der Waals surface area contributed by atoms with E-state index in [1.807, 2.05) is 0 Å². The van der Waals surface area contributed by atoms with E-state index in [4.69, 9.17) is 4.74 Å². The smallest absolute Gasteiger partial charge is 0.325 e. The fourth-order valence-electron chi connectivity index (χ4n) is 3.67. The van der Waals surface area contributed by atoms with Crippen molar-refractivity contribution in [2.75, 3.05) is 39.4 Å². The number of carbonyl (C=O) groups is 1. The Morgan fingerprint density at radius 3 is 2.46 bits per heavy atom. The number of aliphatic carboxylic acids is 1. The maximum atomic E-state index is 14.0. The van der Waals surface area contributed by atoms with Crippen LogP contribution in [0, 0.1) is 11.6 Å². The summed E-state index contributed by atoms with van der Waals surface area (Å²) in [5.41, 5.74) is -0.104. The molecule has 2 fully saturated rings. The van der Waals surface area contributed by atoms with Crippen LogP contribution in [-0.4, -0.2) is 66.3 Å². The summed E-state index contributed by atoms with van der Waals surface area (Å²) in [7, 11) is 0. The van der Waals surface area contributed by atoms with E-state index in [2.05, 4.69) is 4.90 Å². The highest BCUT2D eigenvalue weighted by Gasteiger charge is 2.35. The zero-order chi connectivity index (χ0) is 17.1. The lowest BCUT2D eigenvalue weighted by atomic mass is 9.97. The minimum atomic E-state index is -1.15. The van der Waals surface area contributed by atoms with Crippen LogP contribution >= 0.6 is 0 Å². The number of morpholine rings is 1. The maximum absolute atomic E-state index is 14.0. The van der Waals surface area contributed by atoms with Gasteiger partial charge in [-0.05, 0) is 18.9 Å². The van der Waals surface area contributed by atoms with Crippen LogP contribution in [0.2, 0.25) is 0 Å². The standard InChI is InChI=1S/C17H22F2N2O3/c18-14-3-1-2-13(15(14)19)16(17(22)23)21-6-4-12(5-7-21)20-8-10-24-11-9-20/h1-3,12,16H,4-11H2,(H,22,23). The van der Waals surface area contributed by atoms with E-state index in [0.717, 1.165) is 45.2 Å². The summed E-state index contributed by atoms with van der Waals surface area (Å²) in [6, 6.07) is 2.96. The fourth-order valence-corrected chi connectivity index (χ4v) is 3.67. The van der Waals surface area contributed by atoms with Gasteiger partial charge in [0, 0.05) is 37.8 Å². The minimum Gasteiger partial charge on any atom is -0.480 e. The van der Waals surface area contributed by atoms with Crippen LogP contribution < -0.4 is 0 Å². The highest BCUT2D eigenvalue weighted by Crippen LogP contribution is 2.29. The molecule has 0 radical (unpaired) electrons. The molecule has 0 spiro atoms. The van der Waals surface area contributed by atoms with Crippen LogP contribution in [0.5, 0.6) is 0 Å². The molecule has 0 amide bonds. The second-order valence-electron chi connectivity index (χ2n) is 6.30. The predicted molar refractivity (Wildman–Crippen MR) is 83.7 cm³/mol. The van der Waals surface area contributed by atoms with Gasteiger partial charge in [-0.1, -0.05) is 12.1 Å². The number of ether oxygens (including phenoxy) is 1. The van der Waals surface area contributed by atoms with Crippen LogP contribution in [0.4, 0.5) is 8.78 Å². The van der Waals surface area contributed by atoms with Crippen molar-refractivity contribution in [3.63, 3.8) is 0 Å². The number of carboxylic acid groups (broad SMARTS) is 1. The number of hydrogen-bond donors (Lipinski definition) is 1. The van der Waals surface area contributed by atoms with Crippen molar-refractivity contribution in [2.45, 2.75) is 24.9 Å². The van der Waals surface area contributed by atoms with Crippen LogP contribution in [0.1, 0.15) is 24.4 Å². The SMILES string of the molecule is O=C(O)C(c1cccc(F)c1F)N1CCC(N2CCOCC2)CC1. The summed E-state index contributed by atoms with van der Waals surface area (Å²) in [6.07, 6.45) is 1.64. The number of benzene rings is 1. The second-order valence-corrected chi connectivity index (χ2v) is 6.30. The van der Waals surface area contributed by atoms with Gasteiger partial charge in [-0.15, -0.1) is 0 Å². The molecule has 2 saturated heterocycles. The van der Waals surface area contributed by atoms with E-state index in [0.29, 0.717) is 19.1 Å². The molecule has 2 aliphatic heterocycles. The average molecular weight is 340 g/mol. The van der Waals surface area contributed by atoms with Gasteiger partial charge >= 0.3 is 5.97 Å². The van der Waals surface area contributed by atoms with Gasteiger partial charge in [-0.25, -0.2) is 8.78 Å². The van der Waals surface area contributed by atoms with E-state index in [1.165, 1.54) is 12.1 Å². The zero-order valence-corrected chi connectivity index (χ0v) is 13.5. The molecule has 5 nitrogen and oxygen atoms in total. The normalized spacial score (nSPS) is 22.4. The van der Waals surface area contributed by atoms with Gasteiger partial charge in [0.05, 0.1) is 13.2 Å². The molecule has 1 aromatic rings. The topological polar surface area (TPSA) is 53.0 Å². The summed E-state index contributed by atoms with van der Waals surface area (Å²) in [4.78, 5) is 15.8. The third-order valence-electron chi connectivity index (χ3n) is 4.94. The average Bonchev–Trinajstić information content (AvgIpc) is 2.60. The van der Waals surface area contributed by atoms with Crippen LogP contribution in [0.3, 0.4) is 0 Å². The molecule has 0 aliphatic carbocycles. The van der Waals surface area contributed by atoms with E-state index in [1.54, 1.807) is 4.90 Å². The first-order valence-electron chi connectivity index (χ1n) is 8.30. The minimum absolute atomic E-state index is 0.104. The predicted octanol–water partition coefficient (Wildman–Crippen LogP) is 1.89. The van der Waals surface area contributed by atoms with Gasteiger partial charge in [-0.3, -0.25) is 14.6 Å². The Labute approximate surface area is 139 Å². The number of nitrogens with zero attached hydrogens (tertiary/aromatic N) is 2. The Kier molecular flexibility index (Phi) is 5.43. The van der Waals surface area contributed by atoms with Gasteiger partial charge in [0.25, 0.3) is 0 Å². The van der Waals surface area contributed by atoms with Crippen molar-refractivity contribution in [1.82, 2.24) is 9.80 Å². The molecule has 1 N–H and O–H groups in total. The quantitative estimate of drug-likeness (QED) is 0.907. The highest BCUT2D eigenvalue weighted by molar-refractivity contribution is 5.75. The van der Waals surface area contributed by atoms with E-state index >= 15 is 0 Å². The second kappa shape index (κ2) is 7.55. The Balaban J connectivity index is 1.70. The fraction of sp³-hybridized carbons (Fsp3) is 0.588. The highest BCUT2D eigenvalue weighted by atomic mass is 19.2. The molecule has 7 heteroatoms. The first-order valence-corrected chi connectivity index (χ1v) is 8.30. The third kappa shape index (κ3) is 3.58. The number of piperidine rings is 1. The zero-order valence-electron chi connectivity index (χ0n) is 13.5. The summed E-state index contributed by atoms with van der Waals surface area (Å²) >= 11 is 0. The van der Waals surface area contributed by atoms with E-state index < -0.39 is 23.6 Å². The third-order valence-corrected chi connectivity index (χ3v) is 4.94. The molecule has 1 aromatic carbocycles. The molecule has 2 heterocycles. The Morgan fingerprint density at radius 2 is 1.83 bits per heavy atom. The summed E-state index contributed by atoms with van der Waals surface area (Å²) < 4.78 is 32.9. The molecule has 0 saturated carbocycles. The summed E-state index contributed by atoms with van der Waals surface area (Å²) in [5.74, 6) is -3.23. The van der Waals surface area contributed by atoms with Crippen LogP contribution in [0.15, 0.2) is 18.2 Å². The molecule has 24 heavy (non-hydrogen) atoms. The van der Waals surface area contributed by atoms with Gasteiger partial charge in [0.15, 0.2) is 11.6 Å². The van der Waals surface area contributed by atoms with E-state index in [9.17, 15) is 18.7 Å². The molecule has 132 valence electrons. The molecule has 0 bridgehead atoms. The van der Waals surface area contributed by atoms with Crippen LogP contribution in [0.25, 0.3) is 0 Å². The first kappa shape index (κ1) is 17.3. The monoisotopic (exact) mass is 340 g/mol. The Morgan fingerprint density at radius 1 is 1.17 bits per heavy atom. The van der Waals surface area contributed by atoms with Crippen molar-refractivity contribution < 1.29 is 23.4 Å². The van der Waals surface area contributed by atoms with Gasteiger partial charge in [0.1, 0.15) is 6.04 Å². The van der Waals surface area contributed by atoms with Crippen molar-refractivity contribution in [1.29, 1.82) is 0 Å². The molecule has 1 atom stereocenters. The molecular formula is C17H22F2N2O3. The van der Waals surface area contributed by atoms with Crippen molar-refractivity contribution in [2.24, 2.45) is 0 Å². The molecular weight excluding hydrogens is 318 g/mol. The lowest BCUT2D eigenvalue weighted by Gasteiger charge is -2.41. The first-order chi connectivity index (χ1) is 11.6. The Hall–Kier alpha value is -1.57. The van der Waals surface area contributed by atoms with Gasteiger partial charge in [0.2, 0.25) is 0 Å². The number of hydrogen-bond acceptors (Lipinski definition) is 4. The van der Waals surface area contributed by atoms with Crippen molar-refractivity contribution in [3.8, 4) is 0 Å². The lowest BCUT2D eigenvalue weighted by molar-refractivity contribution is -0.144. The summed E-state index contributed by atoms with van der Waals surface area (Å²) in [6.45, 7) is 4.35. The van der Waals surface area contributed by atoms with Gasteiger partial charge in [-0.2, -0.15) is 0 Å². The largest absolute Gasteiger partial charge is 0.480 e. The number of carboxylic acids is 1. The van der Waals surface area contributed by atoms with Crippen molar-refractivity contribution >= 4 is 5.97 Å². The van der Waals surface area contributed by atoms with Gasteiger partial charge < -0.3 is 9.84 Å².